The highest BCUT2D eigenvalue weighted by atomic mass is 127. The Morgan fingerprint density at radius 2 is 1.86 bits per heavy atom. The minimum Gasteiger partial charge on any atom is -0.351 e. The Morgan fingerprint density at radius 1 is 1.11 bits per heavy atom. The average molecular weight is 713 g/mol. The Bertz CT molecular complexity index is 1680. The number of nitrogens with zero attached hydrogens (tertiary/aromatic N) is 4. The quantitative estimate of drug-likeness (QED) is 0.299. The molecule has 8 nitrogen and oxygen atoms in total. The van der Waals surface area contributed by atoms with Crippen molar-refractivity contribution < 1.29 is 27.6 Å². The van der Waals surface area contributed by atoms with Crippen LogP contribution >= 0.6 is 22.6 Å². The summed E-state index contributed by atoms with van der Waals surface area (Å²) in [5.41, 5.74) is 1.46. The van der Waals surface area contributed by atoms with E-state index < -0.39 is 60.4 Å². The van der Waals surface area contributed by atoms with Gasteiger partial charge in [0.1, 0.15) is 23.7 Å². The number of aromatic nitrogens is 1. The van der Waals surface area contributed by atoms with Gasteiger partial charge in [-0.1, -0.05) is 18.2 Å². The summed E-state index contributed by atoms with van der Waals surface area (Å²) in [5.74, 6) is -5.00. The number of halogens is 4. The number of alkyl halides is 2. The van der Waals surface area contributed by atoms with E-state index >= 15 is 4.39 Å². The van der Waals surface area contributed by atoms with Crippen LogP contribution in [0.1, 0.15) is 67.2 Å². The van der Waals surface area contributed by atoms with Crippen molar-refractivity contribution in [3.63, 3.8) is 0 Å². The van der Waals surface area contributed by atoms with Gasteiger partial charge in [0.25, 0.3) is 11.8 Å². The van der Waals surface area contributed by atoms with Gasteiger partial charge in [0.05, 0.1) is 11.6 Å². The summed E-state index contributed by atoms with van der Waals surface area (Å²) in [6.07, 6.45) is 2.14. The van der Waals surface area contributed by atoms with E-state index in [9.17, 15) is 28.4 Å². The van der Waals surface area contributed by atoms with Crippen LogP contribution in [0.3, 0.4) is 0 Å². The Hall–Kier alpha value is -3.99. The van der Waals surface area contributed by atoms with Crippen LogP contribution in [0.15, 0.2) is 60.8 Å². The maximum absolute atomic E-state index is 15.2. The van der Waals surface area contributed by atoms with Crippen molar-refractivity contribution in [3.05, 3.63) is 86.9 Å². The van der Waals surface area contributed by atoms with Gasteiger partial charge >= 0.3 is 0 Å². The number of nitrogens with one attached hydrogen (secondary N) is 1. The van der Waals surface area contributed by atoms with Crippen LogP contribution in [-0.2, 0) is 14.4 Å². The van der Waals surface area contributed by atoms with E-state index in [-0.39, 0.29) is 35.8 Å². The topological polar surface area (TPSA) is 106 Å². The molecule has 1 saturated heterocycles. The molecule has 2 atom stereocenters. The fourth-order valence-electron chi connectivity index (χ4n) is 5.91. The summed E-state index contributed by atoms with van der Waals surface area (Å²) in [6.45, 7) is 0. The highest BCUT2D eigenvalue weighted by Gasteiger charge is 2.49. The average Bonchev–Trinajstić information content (AvgIpc) is 3.76. The van der Waals surface area contributed by atoms with Crippen molar-refractivity contribution in [2.24, 2.45) is 0 Å². The summed E-state index contributed by atoms with van der Waals surface area (Å²) in [5, 5.41) is 12.1. The van der Waals surface area contributed by atoms with Crippen LogP contribution in [0.4, 0.5) is 24.7 Å². The minimum atomic E-state index is -2.89. The lowest BCUT2D eigenvalue weighted by Gasteiger charge is -2.39. The van der Waals surface area contributed by atoms with E-state index in [0.717, 1.165) is 12.8 Å². The Balaban J connectivity index is 1.47. The van der Waals surface area contributed by atoms with Crippen molar-refractivity contribution >= 4 is 51.8 Å². The van der Waals surface area contributed by atoms with Crippen LogP contribution in [0.25, 0.3) is 0 Å². The summed E-state index contributed by atoms with van der Waals surface area (Å²) in [7, 11) is 0. The number of carbonyl (C=O) groups excluding carboxylic acids is 3. The molecule has 226 valence electrons. The van der Waals surface area contributed by atoms with Gasteiger partial charge < -0.3 is 5.32 Å². The predicted molar refractivity (Wildman–Crippen MR) is 163 cm³/mol. The van der Waals surface area contributed by atoms with Gasteiger partial charge in [-0.25, -0.2) is 18.2 Å². The molecule has 1 aliphatic heterocycles. The van der Waals surface area contributed by atoms with Crippen molar-refractivity contribution in [2.45, 2.75) is 68.5 Å². The first-order valence-corrected chi connectivity index (χ1v) is 15.4. The normalized spacial score (nSPS) is 20.0. The number of hydrogen-bond donors (Lipinski definition) is 1. The van der Waals surface area contributed by atoms with Crippen molar-refractivity contribution in [1.82, 2.24) is 10.3 Å². The largest absolute Gasteiger partial charge is 0.351 e. The van der Waals surface area contributed by atoms with Crippen molar-refractivity contribution in [3.8, 4) is 6.07 Å². The zero-order chi connectivity index (χ0) is 31.2. The number of nitriles is 1. The number of benzene rings is 2. The molecule has 3 aliphatic rings. The third-order valence-electron chi connectivity index (χ3n) is 8.23. The molecule has 1 aromatic heterocycles. The molecule has 6 rings (SSSR count). The Labute approximate surface area is 265 Å². The summed E-state index contributed by atoms with van der Waals surface area (Å²) >= 11 is 2.04. The minimum absolute atomic E-state index is 0.00999. The van der Waals surface area contributed by atoms with Gasteiger partial charge in [-0.05, 0) is 95.3 Å². The molecule has 0 bridgehead atoms. The first kappa shape index (κ1) is 30.1. The number of pyridine rings is 1. The number of anilines is 2. The molecule has 3 aromatic rings. The maximum Gasteiger partial charge on any atom is 0.252 e. The van der Waals surface area contributed by atoms with Gasteiger partial charge in [-0.15, -0.1) is 0 Å². The zero-order valence-corrected chi connectivity index (χ0v) is 25.5. The summed E-state index contributed by atoms with van der Waals surface area (Å²) < 4.78 is 43.3. The fraction of sp³-hybridized carbons (Fsp3) is 0.344. The monoisotopic (exact) mass is 713 g/mol. The molecule has 44 heavy (non-hydrogen) atoms. The smallest absolute Gasteiger partial charge is 0.252 e. The number of hydrogen-bond acceptors (Lipinski definition) is 5. The lowest BCUT2D eigenvalue weighted by molar-refractivity contribution is -0.133. The molecule has 2 aliphatic carbocycles. The predicted octanol–water partition coefficient (Wildman–Crippen LogP) is 5.76. The summed E-state index contributed by atoms with van der Waals surface area (Å²) in [4.78, 5) is 48.6. The molecule has 2 heterocycles. The van der Waals surface area contributed by atoms with E-state index in [2.05, 4.69) is 10.3 Å². The van der Waals surface area contributed by atoms with Crippen LogP contribution in [0.2, 0.25) is 0 Å². The molecule has 1 N–H and O–H groups in total. The van der Waals surface area contributed by atoms with E-state index in [1.165, 1.54) is 40.3 Å². The van der Waals surface area contributed by atoms with Crippen LogP contribution in [0.5, 0.6) is 0 Å². The first-order valence-electron chi connectivity index (χ1n) is 14.3. The highest BCUT2D eigenvalue weighted by molar-refractivity contribution is 14.1. The molecule has 12 heteroatoms. The molecule has 3 fully saturated rings. The molecule has 2 aromatic carbocycles. The van der Waals surface area contributed by atoms with Gasteiger partial charge in [-0.3, -0.25) is 24.2 Å². The number of rotatable bonds is 8. The molecule has 0 radical (unpaired) electrons. The van der Waals surface area contributed by atoms with E-state index in [1.807, 2.05) is 28.7 Å². The van der Waals surface area contributed by atoms with Gasteiger partial charge in [0.2, 0.25) is 11.8 Å². The second-order valence-corrected chi connectivity index (χ2v) is 12.6. The number of amides is 3. The third kappa shape index (κ3) is 6.02. The van der Waals surface area contributed by atoms with Gasteiger partial charge in [0, 0.05) is 40.8 Å². The SMILES string of the molecule is N#Cc1ccnc(N2C(=O)CC[C@H]2C(=O)N(c2cc(F)cc(C3CC3)c2)[C@H](C(=O)NC2CC(F)(F)C2)c2ccccc2I)c1. The third-order valence-corrected chi connectivity index (χ3v) is 9.21. The second kappa shape index (κ2) is 11.8. The molecule has 0 unspecified atom stereocenters. The van der Waals surface area contributed by atoms with Crippen LogP contribution < -0.4 is 15.1 Å². The zero-order valence-electron chi connectivity index (χ0n) is 23.4. The van der Waals surface area contributed by atoms with Crippen molar-refractivity contribution in [1.29, 1.82) is 5.26 Å². The second-order valence-electron chi connectivity index (χ2n) is 11.5. The lowest BCUT2D eigenvalue weighted by atomic mass is 9.87. The molecule has 2 saturated carbocycles. The molecular formula is C32H27F3IN5O3. The van der Waals surface area contributed by atoms with E-state index in [4.69, 9.17) is 0 Å². The maximum atomic E-state index is 15.2. The molecule has 0 spiro atoms. The summed E-state index contributed by atoms with van der Waals surface area (Å²) in [6, 6.07) is 12.7. The molecular weight excluding hydrogens is 686 g/mol. The number of carbonyl (C=O) groups is 3. The highest BCUT2D eigenvalue weighted by Crippen LogP contribution is 2.43. The van der Waals surface area contributed by atoms with Gasteiger partial charge in [-0.2, -0.15) is 5.26 Å². The van der Waals surface area contributed by atoms with E-state index in [1.54, 1.807) is 30.3 Å². The van der Waals surface area contributed by atoms with Crippen LogP contribution in [-0.4, -0.2) is 40.7 Å². The fourth-order valence-corrected chi connectivity index (χ4v) is 6.60. The van der Waals surface area contributed by atoms with Gasteiger partial charge in [0.15, 0.2) is 0 Å². The standard InChI is InChI=1S/C32H27F3IN5O3/c33-21-12-20(19-5-6-19)13-23(14-21)40(31(44)26-7-8-28(42)41(26)27-11-18(17-37)9-10-38-27)29(24-3-1-2-4-25(24)36)30(43)39-22-15-32(34,35)16-22/h1-4,9-14,19,22,26,29H,5-8,15-16H2,(H,39,43)/t26-,29-/m0/s1. The van der Waals surface area contributed by atoms with Crippen LogP contribution in [0, 0.1) is 20.7 Å². The van der Waals surface area contributed by atoms with E-state index in [0.29, 0.717) is 14.7 Å². The Kier molecular flexibility index (Phi) is 8.08. The Morgan fingerprint density at radius 3 is 2.55 bits per heavy atom. The lowest BCUT2D eigenvalue weighted by Crippen LogP contribution is -2.56. The first-order chi connectivity index (χ1) is 21.0. The van der Waals surface area contributed by atoms with Crippen molar-refractivity contribution in [2.75, 3.05) is 9.80 Å². The molecule has 3 amide bonds.